The van der Waals surface area contributed by atoms with Crippen molar-refractivity contribution in [3.05, 3.63) is 0 Å². The van der Waals surface area contributed by atoms with Crippen molar-refractivity contribution in [1.29, 1.82) is 0 Å². The van der Waals surface area contributed by atoms with Crippen LogP contribution in [0.15, 0.2) is 0 Å². The zero-order valence-corrected chi connectivity index (χ0v) is 11.2. The van der Waals surface area contributed by atoms with Crippen molar-refractivity contribution in [2.75, 3.05) is 26.3 Å². The highest BCUT2D eigenvalue weighted by Crippen LogP contribution is 2.18. The maximum absolute atomic E-state index is 11.9. The van der Waals surface area contributed by atoms with Crippen LogP contribution in [0.2, 0.25) is 0 Å². The van der Waals surface area contributed by atoms with Crippen LogP contribution in [0.5, 0.6) is 0 Å². The molecule has 1 unspecified atom stereocenters. The van der Waals surface area contributed by atoms with Gasteiger partial charge in [0.2, 0.25) is 0 Å². The fraction of sp³-hybridized carbons (Fsp3) is 0.917. The van der Waals surface area contributed by atoms with E-state index in [9.17, 15) is 9.90 Å². The van der Waals surface area contributed by atoms with Crippen LogP contribution in [-0.4, -0.2) is 53.6 Å². The average molecular weight is 245 g/mol. The van der Waals surface area contributed by atoms with Crippen molar-refractivity contribution in [2.45, 2.75) is 45.3 Å². The second-order valence-corrected chi connectivity index (χ2v) is 5.53. The molecule has 1 rings (SSSR count). The van der Waals surface area contributed by atoms with Gasteiger partial charge in [-0.1, -0.05) is 6.92 Å². The standard InChI is InChI=1S/C12H23NO4/c1-5-12(15)8-13(6-7-16-9-12)10(14)17-11(2,3)4/h15H,5-9H2,1-4H3. The topological polar surface area (TPSA) is 59.0 Å². The molecule has 100 valence electrons. The number of carbonyl (C=O) groups excluding carboxylic acids is 1. The molecule has 5 nitrogen and oxygen atoms in total. The van der Waals surface area contributed by atoms with E-state index >= 15 is 0 Å². The fourth-order valence-electron chi connectivity index (χ4n) is 1.61. The molecule has 0 aromatic carbocycles. The Morgan fingerprint density at radius 2 is 2.18 bits per heavy atom. The van der Waals surface area contributed by atoms with Crippen LogP contribution in [-0.2, 0) is 9.47 Å². The van der Waals surface area contributed by atoms with Gasteiger partial charge in [0, 0.05) is 6.54 Å². The van der Waals surface area contributed by atoms with Gasteiger partial charge < -0.3 is 19.5 Å². The molecule has 0 aliphatic carbocycles. The summed E-state index contributed by atoms with van der Waals surface area (Å²) >= 11 is 0. The summed E-state index contributed by atoms with van der Waals surface area (Å²) in [5.74, 6) is 0. The van der Waals surface area contributed by atoms with Gasteiger partial charge in [0.25, 0.3) is 0 Å². The van der Waals surface area contributed by atoms with E-state index in [-0.39, 0.29) is 13.2 Å². The molecular weight excluding hydrogens is 222 g/mol. The summed E-state index contributed by atoms with van der Waals surface area (Å²) in [6.45, 7) is 8.77. The second kappa shape index (κ2) is 5.23. The molecular formula is C12H23NO4. The lowest BCUT2D eigenvalue weighted by atomic mass is 10.0. The average Bonchev–Trinajstić information content (AvgIpc) is 2.39. The number of hydrogen-bond donors (Lipinski definition) is 1. The van der Waals surface area contributed by atoms with Gasteiger partial charge in [-0.2, -0.15) is 0 Å². The molecule has 1 aliphatic heterocycles. The lowest BCUT2D eigenvalue weighted by Gasteiger charge is -2.31. The van der Waals surface area contributed by atoms with E-state index in [0.29, 0.717) is 19.6 Å². The molecule has 1 atom stereocenters. The number of nitrogens with zero attached hydrogens (tertiary/aromatic N) is 1. The van der Waals surface area contributed by atoms with Gasteiger partial charge in [-0.15, -0.1) is 0 Å². The number of ether oxygens (including phenoxy) is 2. The van der Waals surface area contributed by atoms with Crippen LogP contribution in [0.1, 0.15) is 34.1 Å². The SMILES string of the molecule is CCC1(O)COCCN(C(=O)OC(C)(C)C)C1. The van der Waals surface area contributed by atoms with E-state index in [4.69, 9.17) is 9.47 Å². The molecule has 1 heterocycles. The Balaban J connectivity index is 2.66. The van der Waals surface area contributed by atoms with Crippen molar-refractivity contribution >= 4 is 6.09 Å². The molecule has 0 saturated carbocycles. The minimum atomic E-state index is -0.965. The first kappa shape index (κ1) is 14.3. The van der Waals surface area contributed by atoms with E-state index in [1.165, 1.54) is 4.90 Å². The van der Waals surface area contributed by atoms with Crippen LogP contribution in [0.3, 0.4) is 0 Å². The third-order valence-corrected chi connectivity index (χ3v) is 2.67. The van der Waals surface area contributed by atoms with Crippen LogP contribution in [0.25, 0.3) is 0 Å². The zero-order valence-electron chi connectivity index (χ0n) is 11.2. The molecule has 5 heteroatoms. The molecule has 0 aromatic heterocycles. The molecule has 1 N–H and O–H groups in total. The summed E-state index contributed by atoms with van der Waals surface area (Å²) in [6, 6.07) is 0. The van der Waals surface area contributed by atoms with Gasteiger partial charge in [0.05, 0.1) is 19.8 Å². The molecule has 1 amide bonds. The number of hydrogen-bond acceptors (Lipinski definition) is 4. The highest BCUT2D eigenvalue weighted by atomic mass is 16.6. The van der Waals surface area contributed by atoms with Gasteiger partial charge in [-0.05, 0) is 27.2 Å². The summed E-state index contributed by atoms with van der Waals surface area (Å²) in [4.78, 5) is 13.4. The number of aliphatic hydroxyl groups is 1. The van der Waals surface area contributed by atoms with E-state index in [1.807, 2.05) is 27.7 Å². The largest absolute Gasteiger partial charge is 0.444 e. The van der Waals surface area contributed by atoms with E-state index in [2.05, 4.69) is 0 Å². The van der Waals surface area contributed by atoms with E-state index in [0.717, 1.165) is 0 Å². The normalized spacial score (nSPS) is 26.5. The number of carbonyl (C=O) groups is 1. The molecule has 0 bridgehead atoms. The van der Waals surface area contributed by atoms with Gasteiger partial charge in [-0.25, -0.2) is 4.79 Å². The Morgan fingerprint density at radius 1 is 1.53 bits per heavy atom. The first-order chi connectivity index (χ1) is 7.76. The lowest BCUT2D eigenvalue weighted by molar-refractivity contribution is -0.0421. The van der Waals surface area contributed by atoms with Crippen molar-refractivity contribution in [3.63, 3.8) is 0 Å². The van der Waals surface area contributed by atoms with Crippen LogP contribution >= 0.6 is 0 Å². The second-order valence-electron chi connectivity index (χ2n) is 5.53. The van der Waals surface area contributed by atoms with Gasteiger partial charge in [0.1, 0.15) is 11.2 Å². The van der Waals surface area contributed by atoms with Gasteiger partial charge >= 0.3 is 6.09 Å². The van der Waals surface area contributed by atoms with E-state index < -0.39 is 17.3 Å². The van der Waals surface area contributed by atoms with Gasteiger partial charge in [0.15, 0.2) is 0 Å². The predicted molar refractivity (Wildman–Crippen MR) is 63.9 cm³/mol. The zero-order chi connectivity index (χ0) is 13.1. The quantitative estimate of drug-likeness (QED) is 0.758. The Labute approximate surface area is 103 Å². The molecule has 1 aliphatic rings. The predicted octanol–water partition coefficient (Wildman–Crippen LogP) is 1.39. The Hall–Kier alpha value is -0.810. The third kappa shape index (κ3) is 4.52. The van der Waals surface area contributed by atoms with Crippen molar-refractivity contribution < 1.29 is 19.4 Å². The summed E-state index contributed by atoms with van der Waals surface area (Å²) in [6.07, 6.45) is 0.154. The summed E-state index contributed by atoms with van der Waals surface area (Å²) in [5.41, 5.74) is -1.48. The Morgan fingerprint density at radius 3 is 2.71 bits per heavy atom. The monoisotopic (exact) mass is 245 g/mol. The Bertz CT molecular complexity index is 274. The number of β-amino-alcohol motifs (C(OH)–C–C–N with tert-alkyl or cyclic N) is 1. The smallest absolute Gasteiger partial charge is 0.410 e. The van der Waals surface area contributed by atoms with Crippen molar-refractivity contribution in [1.82, 2.24) is 4.90 Å². The summed E-state index contributed by atoms with van der Waals surface area (Å²) in [7, 11) is 0. The first-order valence-corrected chi connectivity index (χ1v) is 6.04. The molecule has 1 fully saturated rings. The molecule has 0 radical (unpaired) electrons. The third-order valence-electron chi connectivity index (χ3n) is 2.67. The summed E-state index contributed by atoms with van der Waals surface area (Å²) < 4.78 is 10.6. The van der Waals surface area contributed by atoms with Crippen LogP contribution < -0.4 is 0 Å². The number of rotatable bonds is 1. The number of amides is 1. The molecule has 1 saturated heterocycles. The van der Waals surface area contributed by atoms with Crippen molar-refractivity contribution in [3.8, 4) is 0 Å². The first-order valence-electron chi connectivity index (χ1n) is 6.04. The Kier molecular flexibility index (Phi) is 4.38. The highest BCUT2D eigenvalue weighted by molar-refractivity contribution is 5.68. The van der Waals surface area contributed by atoms with Crippen molar-refractivity contribution in [2.24, 2.45) is 0 Å². The fourth-order valence-corrected chi connectivity index (χ4v) is 1.61. The van der Waals surface area contributed by atoms with Gasteiger partial charge in [-0.3, -0.25) is 0 Å². The van der Waals surface area contributed by atoms with E-state index in [1.54, 1.807) is 0 Å². The maximum Gasteiger partial charge on any atom is 0.410 e. The molecule has 0 spiro atoms. The minimum Gasteiger partial charge on any atom is -0.444 e. The summed E-state index contributed by atoms with van der Waals surface area (Å²) in [5, 5.41) is 10.2. The molecule has 17 heavy (non-hydrogen) atoms. The lowest BCUT2D eigenvalue weighted by Crippen LogP contribution is -2.47. The molecule has 0 aromatic rings. The van der Waals surface area contributed by atoms with Crippen LogP contribution in [0.4, 0.5) is 4.79 Å². The maximum atomic E-state index is 11.9. The minimum absolute atomic E-state index is 0.262. The van der Waals surface area contributed by atoms with Crippen LogP contribution in [0, 0.1) is 0 Å². The highest BCUT2D eigenvalue weighted by Gasteiger charge is 2.34.